The first kappa shape index (κ1) is 14.7. The third kappa shape index (κ3) is 4.14. The molecule has 108 valence electrons. The number of nitro groups is 1. The van der Waals surface area contributed by atoms with Gasteiger partial charge >= 0.3 is 0 Å². The first-order chi connectivity index (χ1) is 10.1. The summed E-state index contributed by atoms with van der Waals surface area (Å²) in [5, 5.41) is 13.5. The van der Waals surface area contributed by atoms with Gasteiger partial charge in [-0.2, -0.15) is 0 Å². The van der Waals surface area contributed by atoms with Gasteiger partial charge in [-0.15, -0.1) is 0 Å². The number of nitrogens with one attached hydrogen (secondary N) is 1. The molecule has 2 aromatic rings. The Balaban J connectivity index is 1.96. The Hall–Kier alpha value is -2.69. The van der Waals surface area contributed by atoms with Crippen molar-refractivity contribution in [2.45, 2.75) is 19.4 Å². The molecule has 21 heavy (non-hydrogen) atoms. The number of carbonyl (C=O) groups excluding carboxylic acids is 1. The number of benzene rings is 2. The largest absolute Gasteiger partial charge is 0.349 e. The van der Waals surface area contributed by atoms with E-state index in [1.54, 1.807) is 0 Å². The van der Waals surface area contributed by atoms with Crippen LogP contribution in [0.4, 0.5) is 5.69 Å². The smallest absolute Gasteiger partial charge is 0.269 e. The predicted octanol–water partition coefficient (Wildman–Crippen LogP) is 2.96. The van der Waals surface area contributed by atoms with Crippen molar-refractivity contribution in [1.82, 2.24) is 5.32 Å². The molecule has 1 atom stereocenters. The minimum Gasteiger partial charge on any atom is -0.349 e. The van der Waals surface area contributed by atoms with Gasteiger partial charge in [0.05, 0.1) is 4.92 Å². The summed E-state index contributed by atoms with van der Waals surface area (Å²) in [5.41, 5.74) is 1.54. The minimum atomic E-state index is -0.486. The van der Waals surface area contributed by atoms with Crippen LogP contribution in [0, 0.1) is 10.1 Å². The number of nitro benzene ring substituents is 1. The molecule has 0 unspecified atom stereocenters. The second kappa shape index (κ2) is 6.65. The molecule has 0 spiro atoms. The summed E-state index contributed by atoms with van der Waals surface area (Å²) in [6, 6.07) is 15.4. The number of rotatable bonds is 5. The molecule has 1 amide bonds. The van der Waals surface area contributed by atoms with E-state index in [4.69, 9.17) is 0 Å². The van der Waals surface area contributed by atoms with Crippen molar-refractivity contribution in [3.05, 3.63) is 75.8 Å². The minimum absolute atomic E-state index is 0.0184. The predicted molar refractivity (Wildman–Crippen MR) is 80.2 cm³/mol. The maximum absolute atomic E-state index is 12.0. The lowest BCUT2D eigenvalue weighted by atomic mass is 10.1. The van der Waals surface area contributed by atoms with Crippen LogP contribution < -0.4 is 5.32 Å². The Kier molecular flexibility index (Phi) is 4.66. The van der Waals surface area contributed by atoms with Crippen LogP contribution in [0.2, 0.25) is 0 Å². The summed E-state index contributed by atoms with van der Waals surface area (Å²) in [6.45, 7) is 1.93. The van der Waals surface area contributed by atoms with E-state index >= 15 is 0 Å². The highest BCUT2D eigenvalue weighted by atomic mass is 16.6. The lowest BCUT2D eigenvalue weighted by Crippen LogP contribution is -2.34. The molecule has 0 aromatic heterocycles. The van der Waals surface area contributed by atoms with Gasteiger partial charge in [-0.1, -0.05) is 30.3 Å². The van der Waals surface area contributed by atoms with Gasteiger partial charge in [0, 0.05) is 23.7 Å². The van der Waals surface area contributed by atoms with Gasteiger partial charge in [-0.05, 0) is 31.0 Å². The normalized spacial score (nSPS) is 11.7. The Morgan fingerprint density at radius 2 is 1.76 bits per heavy atom. The van der Waals surface area contributed by atoms with Crippen LogP contribution in [-0.4, -0.2) is 16.9 Å². The van der Waals surface area contributed by atoms with Gasteiger partial charge in [-0.25, -0.2) is 0 Å². The molecule has 0 aliphatic heterocycles. The van der Waals surface area contributed by atoms with E-state index in [2.05, 4.69) is 5.32 Å². The maximum Gasteiger partial charge on any atom is 0.269 e. The summed E-state index contributed by atoms with van der Waals surface area (Å²) >= 11 is 0. The molecule has 1 N–H and O–H groups in total. The van der Waals surface area contributed by atoms with E-state index in [0.29, 0.717) is 5.56 Å². The Bertz CT molecular complexity index is 624. The number of non-ortho nitro benzene ring substituents is 1. The first-order valence-electron chi connectivity index (χ1n) is 6.65. The van der Waals surface area contributed by atoms with E-state index < -0.39 is 4.92 Å². The number of carbonyl (C=O) groups is 1. The summed E-state index contributed by atoms with van der Waals surface area (Å²) < 4.78 is 0. The Labute approximate surface area is 122 Å². The second-order valence-corrected chi connectivity index (χ2v) is 4.87. The summed E-state index contributed by atoms with van der Waals surface area (Å²) in [7, 11) is 0. The van der Waals surface area contributed by atoms with Crippen molar-refractivity contribution in [2.75, 3.05) is 0 Å². The van der Waals surface area contributed by atoms with Gasteiger partial charge in [0.1, 0.15) is 0 Å². The van der Waals surface area contributed by atoms with E-state index in [-0.39, 0.29) is 17.6 Å². The molecule has 0 bridgehead atoms. The van der Waals surface area contributed by atoms with E-state index in [1.807, 2.05) is 37.3 Å². The average Bonchev–Trinajstić information content (AvgIpc) is 2.48. The maximum atomic E-state index is 12.0. The van der Waals surface area contributed by atoms with Crippen molar-refractivity contribution in [1.29, 1.82) is 0 Å². The molecule has 0 heterocycles. The first-order valence-corrected chi connectivity index (χ1v) is 6.65. The zero-order valence-corrected chi connectivity index (χ0v) is 11.7. The van der Waals surface area contributed by atoms with Crippen LogP contribution >= 0.6 is 0 Å². The fourth-order valence-corrected chi connectivity index (χ4v) is 2.06. The molecular formula is C16H16N2O3. The Morgan fingerprint density at radius 1 is 1.14 bits per heavy atom. The van der Waals surface area contributed by atoms with E-state index in [9.17, 15) is 14.9 Å². The van der Waals surface area contributed by atoms with Gasteiger partial charge in [0.15, 0.2) is 0 Å². The third-order valence-electron chi connectivity index (χ3n) is 3.10. The van der Waals surface area contributed by atoms with Gasteiger partial charge in [0.25, 0.3) is 11.6 Å². The molecule has 5 heteroatoms. The summed E-state index contributed by atoms with van der Waals surface area (Å²) in [4.78, 5) is 22.1. The topological polar surface area (TPSA) is 72.2 Å². The van der Waals surface area contributed by atoms with Crippen LogP contribution in [0.15, 0.2) is 54.6 Å². The molecule has 2 aromatic carbocycles. The number of amides is 1. The molecule has 0 saturated carbocycles. The summed E-state index contributed by atoms with van der Waals surface area (Å²) in [5.74, 6) is -0.228. The van der Waals surface area contributed by atoms with Crippen LogP contribution in [-0.2, 0) is 6.42 Å². The molecule has 0 fully saturated rings. The number of nitrogens with zero attached hydrogens (tertiary/aromatic N) is 1. The van der Waals surface area contributed by atoms with Crippen LogP contribution in [0.25, 0.3) is 0 Å². The zero-order valence-electron chi connectivity index (χ0n) is 11.7. The molecule has 5 nitrogen and oxygen atoms in total. The third-order valence-corrected chi connectivity index (χ3v) is 3.10. The highest BCUT2D eigenvalue weighted by molar-refractivity contribution is 5.94. The lowest BCUT2D eigenvalue weighted by molar-refractivity contribution is -0.384. The fraction of sp³-hybridized carbons (Fsp3) is 0.188. The van der Waals surface area contributed by atoms with E-state index in [0.717, 1.165) is 12.0 Å². The van der Waals surface area contributed by atoms with Gasteiger partial charge < -0.3 is 5.32 Å². The second-order valence-electron chi connectivity index (χ2n) is 4.87. The Morgan fingerprint density at radius 3 is 2.33 bits per heavy atom. The highest BCUT2D eigenvalue weighted by Gasteiger charge is 2.12. The summed E-state index contributed by atoms with van der Waals surface area (Å²) in [6.07, 6.45) is 0.736. The van der Waals surface area contributed by atoms with Crippen molar-refractivity contribution in [2.24, 2.45) is 0 Å². The van der Waals surface area contributed by atoms with Crippen molar-refractivity contribution in [3.8, 4) is 0 Å². The molecule has 0 aliphatic carbocycles. The SMILES string of the molecule is C[C@@H](Cc1ccccc1)NC(=O)c1ccc([N+](=O)[O-])cc1. The highest BCUT2D eigenvalue weighted by Crippen LogP contribution is 2.12. The van der Waals surface area contributed by atoms with Crippen molar-refractivity contribution >= 4 is 11.6 Å². The van der Waals surface area contributed by atoms with Crippen molar-refractivity contribution in [3.63, 3.8) is 0 Å². The van der Waals surface area contributed by atoms with Crippen molar-refractivity contribution < 1.29 is 9.72 Å². The van der Waals surface area contributed by atoms with Gasteiger partial charge in [-0.3, -0.25) is 14.9 Å². The molecule has 0 aliphatic rings. The van der Waals surface area contributed by atoms with E-state index in [1.165, 1.54) is 24.3 Å². The average molecular weight is 284 g/mol. The fourth-order valence-electron chi connectivity index (χ4n) is 2.06. The quantitative estimate of drug-likeness (QED) is 0.677. The molecule has 2 rings (SSSR count). The lowest BCUT2D eigenvalue weighted by Gasteiger charge is -2.14. The van der Waals surface area contributed by atoms with Gasteiger partial charge in [0.2, 0.25) is 0 Å². The number of hydrogen-bond donors (Lipinski definition) is 1. The monoisotopic (exact) mass is 284 g/mol. The van der Waals surface area contributed by atoms with Crippen LogP contribution in [0.3, 0.4) is 0 Å². The molecule has 0 saturated heterocycles. The van der Waals surface area contributed by atoms with Crippen LogP contribution in [0.5, 0.6) is 0 Å². The molecule has 0 radical (unpaired) electrons. The standard InChI is InChI=1S/C16H16N2O3/c1-12(11-13-5-3-2-4-6-13)17-16(19)14-7-9-15(10-8-14)18(20)21/h2-10,12H,11H2,1H3,(H,17,19)/t12-/m0/s1. The zero-order chi connectivity index (χ0) is 15.2. The molecular weight excluding hydrogens is 268 g/mol. The van der Waals surface area contributed by atoms with Crippen LogP contribution in [0.1, 0.15) is 22.8 Å². The number of hydrogen-bond acceptors (Lipinski definition) is 3.